The van der Waals surface area contributed by atoms with Gasteiger partial charge in [-0.1, -0.05) is 30.3 Å². The van der Waals surface area contributed by atoms with Crippen molar-refractivity contribution in [2.45, 2.75) is 25.0 Å². The first-order valence-electron chi connectivity index (χ1n) is 7.42. The van der Waals surface area contributed by atoms with E-state index < -0.39 is 0 Å². The quantitative estimate of drug-likeness (QED) is 0.884. The number of likely N-dealkylation sites (N-methyl/N-ethyl adjacent to an activating group) is 1. The highest BCUT2D eigenvalue weighted by Crippen LogP contribution is 2.22. The van der Waals surface area contributed by atoms with E-state index in [-0.39, 0.29) is 18.0 Å². The molecule has 116 valence electrons. The van der Waals surface area contributed by atoms with Crippen LogP contribution in [0.25, 0.3) is 0 Å². The molecule has 6 nitrogen and oxygen atoms in total. The molecule has 1 aromatic carbocycles. The Kier molecular flexibility index (Phi) is 4.22. The average molecular weight is 299 g/mol. The molecule has 1 saturated heterocycles. The smallest absolute Gasteiger partial charge is 0.241 e. The molecule has 1 aromatic heterocycles. The zero-order valence-corrected chi connectivity index (χ0v) is 12.9. The van der Waals surface area contributed by atoms with E-state index in [1.807, 2.05) is 38.5 Å². The van der Waals surface area contributed by atoms with Gasteiger partial charge in [-0.2, -0.15) is 5.10 Å². The van der Waals surface area contributed by atoms with E-state index in [1.54, 1.807) is 15.8 Å². The summed E-state index contributed by atoms with van der Waals surface area (Å²) in [6.07, 6.45) is 4.47. The second kappa shape index (κ2) is 6.29. The molecule has 6 heteroatoms. The molecule has 0 bridgehead atoms. The molecule has 0 aliphatic carbocycles. The van der Waals surface area contributed by atoms with E-state index in [1.165, 1.54) is 5.56 Å². The monoisotopic (exact) mass is 299 g/mol. The maximum Gasteiger partial charge on any atom is 0.241 e. The van der Waals surface area contributed by atoms with Gasteiger partial charge in [-0.3, -0.25) is 9.48 Å². The molecular weight excluding hydrogens is 278 g/mol. The molecular formula is C16H21N5O. The number of nitrogens with one attached hydrogen (secondary N) is 2. The number of hydrogen-bond acceptors (Lipinski definition) is 4. The largest absolute Gasteiger partial charge is 0.340 e. The first kappa shape index (κ1) is 14.7. The highest BCUT2D eigenvalue weighted by molar-refractivity contribution is 5.82. The third kappa shape index (κ3) is 3.18. The molecule has 22 heavy (non-hydrogen) atoms. The normalized spacial score (nSPS) is 21.0. The molecule has 0 saturated carbocycles. The van der Waals surface area contributed by atoms with Crippen LogP contribution >= 0.6 is 0 Å². The molecule has 2 N–H and O–H groups in total. The summed E-state index contributed by atoms with van der Waals surface area (Å²) < 4.78 is 1.74. The van der Waals surface area contributed by atoms with Crippen molar-refractivity contribution < 1.29 is 4.79 Å². The summed E-state index contributed by atoms with van der Waals surface area (Å²) in [5, 5.41) is 4.13. The standard InChI is InChI=1S/C16H21N5O/c1-20(10-12-9-17-21(2)11-12)16(22)15-8-14(18-19-15)13-6-4-3-5-7-13/h3-7,9,11,14-15,18-19H,8,10H2,1-2H3. The van der Waals surface area contributed by atoms with Crippen LogP contribution in [-0.2, 0) is 18.4 Å². The van der Waals surface area contributed by atoms with Crippen molar-refractivity contribution in [2.75, 3.05) is 7.05 Å². The number of hydrogen-bond donors (Lipinski definition) is 2. The Hall–Kier alpha value is -2.18. The van der Waals surface area contributed by atoms with Gasteiger partial charge in [-0.25, -0.2) is 10.9 Å². The fourth-order valence-electron chi connectivity index (χ4n) is 2.79. The summed E-state index contributed by atoms with van der Waals surface area (Å²) in [5.74, 6) is 0.0924. The van der Waals surface area contributed by atoms with E-state index in [0.29, 0.717) is 6.54 Å². The van der Waals surface area contributed by atoms with E-state index in [4.69, 9.17) is 0 Å². The topological polar surface area (TPSA) is 62.2 Å². The Labute approximate surface area is 130 Å². The van der Waals surface area contributed by atoms with Crippen molar-refractivity contribution in [1.29, 1.82) is 0 Å². The second-order valence-corrected chi connectivity index (χ2v) is 5.76. The highest BCUT2D eigenvalue weighted by atomic mass is 16.2. The summed E-state index contributed by atoms with van der Waals surface area (Å²) >= 11 is 0. The van der Waals surface area contributed by atoms with Crippen LogP contribution in [-0.4, -0.2) is 33.7 Å². The number of benzene rings is 1. The molecule has 1 fully saturated rings. The molecule has 3 rings (SSSR count). The van der Waals surface area contributed by atoms with Gasteiger partial charge in [-0.15, -0.1) is 0 Å². The molecule has 2 aromatic rings. The predicted molar refractivity (Wildman–Crippen MR) is 83.5 cm³/mol. The molecule has 0 radical (unpaired) electrons. The number of nitrogens with zero attached hydrogens (tertiary/aromatic N) is 3. The molecule has 1 aliphatic rings. The summed E-state index contributed by atoms with van der Waals surface area (Å²) in [6.45, 7) is 0.570. The highest BCUT2D eigenvalue weighted by Gasteiger charge is 2.31. The Balaban J connectivity index is 1.59. The summed E-state index contributed by atoms with van der Waals surface area (Å²) in [5.41, 5.74) is 8.55. The van der Waals surface area contributed by atoms with E-state index in [2.05, 4.69) is 28.1 Å². The van der Waals surface area contributed by atoms with E-state index >= 15 is 0 Å². The predicted octanol–water partition coefficient (Wildman–Crippen LogP) is 0.986. The maximum atomic E-state index is 12.5. The van der Waals surface area contributed by atoms with Gasteiger partial charge in [0.1, 0.15) is 6.04 Å². The Morgan fingerprint density at radius 3 is 2.82 bits per heavy atom. The Morgan fingerprint density at radius 1 is 1.36 bits per heavy atom. The number of carbonyl (C=O) groups excluding carboxylic acids is 1. The van der Waals surface area contributed by atoms with Crippen molar-refractivity contribution in [3.8, 4) is 0 Å². The van der Waals surface area contributed by atoms with Gasteiger partial charge in [0.2, 0.25) is 5.91 Å². The van der Waals surface area contributed by atoms with Crippen LogP contribution in [0.2, 0.25) is 0 Å². The van der Waals surface area contributed by atoms with Crippen LogP contribution in [0.15, 0.2) is 42.7 Å². The number of hydrazine groups is 1. The number of carbonyl (C=O) groups is 1. The molecule has 2 unspecified atom stereocenters. The lowest BCUT2D eigenvalue weighted by Gasteiger charge is -2.20. The lowest BCUT2D eigenvalue weighted by molar-refractivity contribution is -0.132. The molecule has 2 atom stereocenters. The fourth-order valence-corrected chi connectivity index (χ4v) is 2.79. The van der Waals surface area contributed by atoms with Crippen LogP contribution in [0.4, 0.5) is 0 Å². The van der Waals surface area contributed by atoms with Crippen LogP contribution < -0.4 is 10.9 Å². The number of amides is 1. The van der Waals surface area contributed by atoms with Crippen LogP contribution in [0.1, 0.15) is 23.6 Å². The minimum absolute atomic E-state index is 0.0924. The fraction of sp³-hybridized carbons (Fsp3) is 0.375. The second-order valence-electron chi connectivity index (χ2n) is 5.76. The van der Waals surface area contributed by atoms with E-state index in [0.717, 1.165) is 12.0 Å². The van der Waals surface area contributed by atoms with Crippen molar-refractivity contribution >= 4 is 5.91 Å². The van der Waals surface area contributed by atoms with Gasteiger partial charge in [0.25, 0.3) is 0 Å². The Morgan fingerprint density at radius 2 is 2.14 bits per heavy atom. The van der Waals surface area contributed by atoms with Crippen LogP contribution in [0.3, 0.4) is 0 Å². The molecule has 0 spiro atoms. The summed E-state index contributed by atoms with van der Waals surface area (Å²) in [4.78, 5) is 14.3. The van der Waals surface area contributed by atoms with Crippen LogP contribution in [0, 0.1) is 0 Å². The number of rotatable bonds is 4. The average Bonchev–Trinajstić information content (AvgIpc) is 3.17. The zero-order valence-electron chi connectivity index (χ0n) is 12.9. The van der Waals surface area contributed by atoms with E-state index in [9.17, 15) is 4.79 Å². The molecule has 1 aliphatic heterocycles. The van der Waals surface area contributed by atoms with Crippen LogP contribution in [0.5, 0.6) is 0 Å². The minimum Gasteiger partial charge on any atom is -0.340 e. The first-order chi connectivity index (χ1) is 10.6. The minimum atomic E-state index is -0.202. The van der Waals surface area contributed by atoms with Gasteiger partial charge in [-0.05, 0) is 12.0 Å². The van der Waals surface area contributed by atoms with Crippen molar-refractivity contribution in [3.05, 3.63) is 53.9 Å². The van der Waals surface area contributed by atoms with Gasteiger partial charge in [0.15, 0.2) is 0 Å². The van der Waals surface area contributed by atoms with Crippen molar-refractivity contribution in [3.63, 3.8) is 0 Å². The molecule has 1 amide bonds. The third-order valence-corrected chi connectivity index (χ3v) is 3.96. The first-order valence-corrected chi connectivity index (χ1v) is 7.42. The van der Waals surface area contributed by atoms with Gasteiger partial charge in [0.05, 0.1) is 6.20 Å². The maximum absolute atomic E-state index is 12.5. The van der Waals surface area contributed by atoms with Gasteiger partial charge >= 0.3 is 0 Å². The summed E-state index contributed by atoms with van der Waals surface area (Å²) in [6, 6.07) is 10.1. The lowest BCUT2D eigenvalue weighted by Crippen LogP contribution is -2.43. The number of aryl methyl sites for hydroxylation is 1. The third-order valence-electron chi connectivity index (χ3n) is 3.96. The van der Waals surface area contributed by atoms with Crippen molar-refractivity contribution in [1.82, 2.24) is 25.5 Å². The lowest BCUT2D eigenvalue weighted by atomic mass is 10.0. The Bertz CT molecular complexity index is 639. The van der Waals surface area contributed by atoms with Crippen molar-refractivity contribution in [2.24, 2.45) is 7.05 Å². The van der Waals surface area contributed by atoms with Gasteiger partial charge < -0.3 is 4.90 Å². The van der Waals surface area contributed by atoms with Gasteiger partial charge in [0, 0.05) is 38.4 Å². The number of aromatic nitrogens is 2. The molecule has 2 heterocycles. The zero-order chi connectivity index (χ0) is 15.5. The SMILES string of the molecule is CN(Cc1cnn(C)c1)C(=O)C1CC(c2ccccc2)NN1. The summed E-state index contributed by atoms with van der Waals surface area (Å²) in [7, 11) is 3.70.